The highest BCUT2D eigenvalue weighted by Crippen LogP contribution is 2.25. The Labute approximate surface area is 143 Å². The maximum absolute atomic E-state index is 13.8. The molecule has 9 heteroatoms. The third-order valence-electron chi connectivity index (χ3n) is 3.33. The van der Waals surface area contributed by atoms with Crippen LogP contribution in [0.4, 0.5) is 15.8 Å². The van der Waals surface area contributed by atoms with Crippen LogP contribution >= 0.6 is 15.9 Å². The van der Waals surface area contributed by atoms with Crippen molar-refractivity contribution < 1.29 is 14.1 Å². The van der Waals surface area contributed by atoms with E-state index in [4.69, 9.17) is 0 Å². The van der Waals surface area contributed by atoms with Crippen LogP contribution in [0.1, 0.15) is 0 Å². The summed E-state index contributed by atoms with van der Waals surface area (Å²) < 4.78 is 15.7. The Balaban J connectivity index is 1.87. The zero-order valence-electron chi connectivity index (χ0n) is 12.1. The first-order chi connectivity index (χ1) is 11.5. The second-order valence-corrected chi connectivity index (χ2v) is 5.86. The molecule has 0 fully saturated rings. The van der Waals surface area contributed by atoms with Gasteiger partial charge < -0.3 is 9.88 Å². The Hall–Kier alpha value is -2.81. The highest BCUT2D eigenvalue weighted by molar-refractivity contribution is 9.10. The smallest absolute Gasteiger partial charge is 0.295 e. The largest absolute Gasteiger partial charge is 0.322 e. The van der Waals surface area contributed by atoms with Crippen LogP contribution < -0.4 is 5.32 Å². The number of carbonyl (C=O) groups is 1. The van der Waals surface area contributed by atoms with Gasteiger partial charge in [0.25, 0.3) is 5.69 Å². The van der Waals surface area contributed by atoms with Gasteiger partial charge in [-0.25, -0.2) is 9.37 Å². The summed E-state index contributed by atoms with van der Waals surface area (Å²) in [7, 11) is 0. The molecule has 0 saturated carbocycles. The van der Waals surface area contributed by atoms with Gasteiger partial charge in [-0.15, -0.1) is 0 Å². The summed E-state index contributed by atoms with van der Waals surface area (Å²) in [5.41, 5.74) is 0.537. The molecular formula is C15H10BrFN4O3. The molecule has 1 heterocycles. The van der Waals surface area contributed by atoms with Crippen molar-refractivity contribution in [3.8, 4) is 0 Å². The number of nitro benzene ring substituents is 1. The molecule has 0 atom stereocenters. The minimum absolute atomic E-state index is 0.0297. The van der Waals surface area contributed by atoms with Crippen molar-refractivity contribution in [3.63, 3.8) is 0 Å². The Morgan fingerprint density at radius 3 is 2.88 bits per heavy atom. The van der Waals surface area contributed by atoms with Crippen LogP contribution in [0.25, 0.3) is 11.0 Å². The molecule has 7 nitrogen and oxygen atoms in total. The molecule has 0 aliphatic rings. The molecule has 2 aromatic carbocycles. The van der Waals surface area contributed by atoms with Gasteiger partial charge in [0.15, 0.2) is 0 Å². The van der Waals surface area contributed by atoms with Crippen molar-refractivity contribution in [2.45, 2.75) is 6.54 Å². The average Bonchev–Trinajstić information content (AvgIpc) is 2.93. The van der Waals surface area contributed by atoms with Crippen molar-refractivity contribution in [2.24, 2.45) is 0 Å². The number of fused-ring (bicyclic) bond motifs is 1. The minimum atomic E-state index is -0.584. The van der Waals surface area contributed by atoms with E-state index < -0.39 is 16.6 Å². The lowest BCUT2D eigenvalue weighted by Crippen LogP contribution is -2.19. The molecule has 1 N–H and O–H groups in total. The van der Waals surface area contributed by atoms with Crippen LogP contribution in [0.15, 0.2) is 47.2 Å². The number of amides is 1. The van der Waals surface area contributed by atoms with Gasteiger partial charge in [0.1, 0.15) is 17.9 Å². The zero-order chi connectivity index (χ0) is 17.3. The minimum Gasteiger partial charge on any atom is -0.322 e. The van der Waals surface area contributed by atoms with Gasteiger partial charge in [-0.2, -0.15) is 0 Å². The van der Waals surface area contributed by atoms with Crippen LogP contribution in [-0.2, 0) is 11.3 Å². The van der Waals surface area contributed by atoms with Crippen LogP contribution in [0.3, 0.4) is 0 Å². The fraction of sp³-hybridized carbons (Fsp3) is 0.0667. The summed E-state index contributed by atoms with van der Waals surface area (Å²) in [4.78, 5) is 26.8. The van der Waals surface area contributed by atoms with Gasteiger partial charge in [0.2, 0.25) is 5.91 Å². The quantitative estimate of drug-likeness (QED) is 0.543. The molecule has 0 unspecified atom stereocenters. The number of rotatable bonds is 4. The number of hydrogen-bond acceptors (Lipinski definition) is 4. The molecule has 3 rings (SSSR count). The number of halogens is 2. The van der Waals surface area contributed by atoms with E-state index in [0.29, 0.717) is 9.99 Å². The van der Waals surface area contributed by atoms with E-state index in [1.807, 2.05) is 0 Å². The Kier molecular flexibility index (Phi) is 4.26. The number of nitro groups is 1. The van der Waals surface area contributed by atoms with E-state index in [9.17, 15) is 19.3 Å². The highest BCUT2D eigenvalue weighted by atomic mass is 79.9. The molecular weight excluding hydrogens is 383 g/mol. The first-order valence-corrected chi connectivity index (χ1v) is 7.58. The molecule has 1 aromatic heterocycles. The monoisotopic (exact) mass is 392 g/mol. The number of non-ortho nitro benzene ring substituents is 1. The van der Waals surface area contributed by atoms with E-state index in [0.717, 1.165) is 0 Å². The summed E-state index contributed by atoms with van der Waals surface area (Å²) in [6.45, 7) is -0.225. The Morgan fingerprint density at radius 1 is 1.38 bits per heavy atom. The molecule has 122 valence electrons. The van der Waals surface area contributed by atoms with Crippen molar-refractivity contribution in [2.75, 3.05) is 5.32 Å². The van der Waals surface area contributed by atoms with E-state index in [1.165, 1.54) is 35.2 Å². The van der Waals surface area contributed by atoms with E-state index in [1.54, 1.807) is 12.1 Å². The van der Waals surface area contributed by atoms with Crippen molar-refractivity contribution in [3.05, 3.63) is 63.1 Å². The first kappa shape index (κ1) is 16.1. The van der Waals surface area contributed by atoms with Gasteiger partial charge in [-0.05, 0) is 24.3 Å². The number of aromatic nitrogens is 2. The number of para-hydroxylation sites is 1. The second-order valence-electron chi connectivity index (χ2n) is 4.95. The second kappa shape index (κ2) is 6.36. The number of imidazole rings is 1. The summed E-state index contributed by atoms with van der Waals surface area (Å²) in [5, 5.41) is 13.6. The average molecular weight is 393 g/mol. The third kappa shape index (κ3) is 3.11. The highest BCUT2D eigenvalue weighted by Gasteiger charge is 2.18. The SMILES string of the molecule is O=C(Cn1cnc2cccc([N+](=O)[O-])c21)Nc1ccc(Br)cc1F. The van der Waals surface area contributed by atoms with Crippen molar-refractivity contribution in [1.29, 1.82) is 0 Å². The Bertz CT molecular complexity index is 957. The van der Waals surface area contributed by atoms with Gasteiger partial charge in [-0.3, -0.25) is 14.9 Å². The molecule has 0 saturated heterocycles. The van der Waals surface area contributed by atoms with E-state index >= 15 is 0 Å². The number of benzene rings is 2. The molecule has 0 aliphatic carbocycles. The summed E-state index contributed by atoms with van der Waals surface area (Å²) in [6, 6.07) is 8.72. The standard InChI is InChI=1S/C15H10BrFN4O3/c16-9-4-5-11(10(17)6-9)19-14(22)7-20-8-18-12-2-1-3-13(15(12)20)21(23)24/h1-6,8H,7H2,(H,19,22). The van der Waals surface area contributed by atoms with Crippen LogP contribution in [0.2, 0.25) is 0 Å². The molecule has 0 bridgehead atoms. The third-order valence-corrected chi connectivity index (χ3v) is 3.83. The number of anilines is 1. The van der Waals surface area contributed by atoms with Crippen molar-refractivity contribution >= 4 is 44.2 Å². The summed E-state index contributed by atoms with van der Waals surface area (Å²) >= 11 is 3.13. The number of carbonyl (C=O) groups excluding carboxylic acids is 1. The predicted molar refractivity (Wildman–Crippen MR) is 89.1 cm³/mol. The zero-order valence-corrected chi connectivity index (χ0v) is 13.7. The van der Waals surface area contributed by atoms with Gasteiger partial charge >= 0.3 is 0 Å². The predicted octanol–water partition coefficient (Wildman–Crippen LogP) is 3.48. The molecule has 24 heavy (non-hydrogen) atoms. The normalized spacial score (nSPS) is 10.8. The lowest BCUT2D eigenvalue weighted by atomic mass is 10.2. The van der Waals surface area contributed by atoms with Crippen LogP contribution in [0, 0.1) is 15.9 Å². The van der Waals surface area contributed by atoms with Gasteiger partial charge in [0, 0.05) is 10.5 Å². The number of nitrogens with one attached hydrogen (secondary N) is 1. The molecule has 0 radical (unpaired) electrons. The fourth-order valence-corrected chi connectivity index (χ4v) is 2.64. The lowest BCUT2D eigenvalue weighted by molar-refractivity contribution is -0.383. The fourth-order valence-electron chi connectivity index (χ4n) is 2.31. The maximum Gasteiger partial charge on any atom is 0.295 e. The summed E-state index contributed by atoms with van der Waals surface area (Å²) in [5.74, 6) is -1.10. The van der Waals surface area contributed by atoms with Crippen LogP contribution in [0.5, 0.6) is 0 Å². The van der Waals surface area contributed by atoms with Gasteiger partial charge in [-0.1, -0.05) is 22.0 Å². The van der Waals surface area contributed by atoms with E-state index in [-0.39, 0.29) is 23.4 Å². The lowest BCUT2D eigenvalue weighted by Gasteiger charge is -2.08. The van der Waals surface area contributed by atoms with Gasteiger partial charge in [0.05, 0.1) is 22.5 Å². The molecule has 0 aliphatic heterocycles. The van der Waals surface area contributed by atoms with E-state index in [2.05, 4.69) is 26.2 Å². The first-order valence-electron chi connectivity index (χ1n) is 6.79. The van der Waals surface area contributed by atoms with Crippen molar-refractivity contribution in [1.82, 2.24) is 9.55 Å². The molecule has 0 spiro atoms. The molecule has 3 aromatic rings. The topological polar surface area (TPSA) is 90.1 Å². The van der Waals surface area contributed by atoms with Crippen LogP contribution in [-0.4, -0.2) is 20.4 Å². The number of hydrogen-bond donors (Lipinski definition) is 1. The maximum atomic E-state index is 13.8. The number of nitrogens with zero attached hydrogens (tertiary/aromatic N) is 3. The summed E-state index contributed by atoms with van der Waals surface area (Å²) in [6.07, 6.45) is 1.34. The Morgan fingerprint density at radius 2 is 2.17 bits per heavy atom. The molecule has 1 amide bonds.